The molecule has 4 nitrogen and oxygen atoms in total. The summed E-state index contributed by atoms with van der Waals surface area (Å²) in [5.74, 6) is 0.212. The molecule has 2 rings (SSSR count). The number of carboxylic acids is 1. The standard InChI is InChI=1S/C19H25ClO4/c20-17-12-18(21)16(13-24-14-8-4-3-5-9-14)15(17)10-6-1-2-7-11-19(22)23/h1,3-6,8-9,15-18,21H,2,7,10-13H2,(H,22,23)/t15-,16-,17-,18-/m1/s1. The van der Waals surface area contributed by atoms with Crippen LogP contribution in [0.2, 0.25) is 0 Å². The first kappa shape index (κ1) is 18.8. The third kappa shape index (κ3) is 5.84. The molecule has 0 heterocycles. The van der Waals surface area contributed by atoms with Crippen LogP contribution in [0.1, 0.15) is 32.1 Å². The number of carbonyl (C=O) groups is 1. The van der Waals surface area contributed by atoms with E-state index < -0.39 is 12.1 Å². The molecule has 1 saturated carbocycles. The number of aliphatic hydroxyl groups excluding tert-OH is 1. The number of hydrogen-bond donors (Lipinski definition) is 2. The van der Waals surface area contributed by atoms with Crippen molar-refractivity contribution in [1.29, 1.82) is 0 Å². The van der Waals surface area contributed by atoms with Gasteiger partial charge < -0.3 is 14.9 Å². The number of halogens is 1. The summed E-state index contributed by atoms with van der Waals surface area (Å²) in [7, 11) is 0. The minimum atomic E-state index is -0.763. The number of ether oxygens (including phenoxy) is 1. The molecule has 5 heteroatoms. The zero-order valence-corrected chi connectivity index (χ0v) is 14.4. The van der Waals surface area contributed by atoms with E-state index in [1.54, 1.807) is 0 Å². The molecule has 0 aliphatic heterocycles. The van der Waals surface area contributed by atoms with E-state index in [1.165, 1.54) is 0 Å². The van der Waals surface area contributed by atoms with E-state index >= 15 is 0 Å². The number of benzene rings is 1. The van der Waals surface area contributed by atoms with Crippen molar-refractivity contribution in [3.63, 3.8) is 0 Å². The van der Waals surface area contributed by atoms with E-state index in [0.29, 0.717) is 19.4 Å². The molecule has 0 aromatic heterocycles. The van der Waals surface area contributed by atoms with E-state index in [2.05, 4.69) is 6.08 Å². The molecule has 0 radical (unpaired) electrons. The summed E-state index contributed by atoms with van der Waals surface area (Å²) in [5, 5.41) is 18.8. The van der Waals surface area contributed by atoms with Crippen molar-refractivity contribution in [1.82, 2.24) is 0 Å². The molecule has 1 aromatic rings. The fourth-order valence-corrected chi connectivity index (χ4v) is 3.61. The molecule has 0 bridgehead atoms. The van der Waals surface area contributed by atoms with Crippen LogP contribution in [0, 0.1) is 11.8 Å². The number of alkyl halides is 1. The van der Waals surface area contributed by atoms with Crippen molar-refractivity contribution in [3.05, 3.63) is 42.5 Å². The molecular weight excluding hydrogens is 328 g/mol. The lowest BCUT2D eigenvalue weighted by Crippen LogP contribution is -2.27. The van der Waals surface area contributed by atoms with E-state index in [4.69, 9.17) is 21.4 Å². The Labute approximate surface area is 148 Å². The molecule has 1 aromatic carbocycles. The Kier molecular flexibility index (Phi) is 7.60. The molecule has 0 unspecified atom stereocenters. The second kappa shape index (κ2) is 9.70. The quantitative estimate of drug-likeness (QED) is 0.402. The highest BCUT2D eigenvalue weighted by Crippen LogP contribution is 2.38. The van der Waals surface area contributed by atoms with Crippen LogP contribution in [0.4, 0.5) is 0 Å². The second-order valence-electron chi connectivity index (χ2n) is 6.26. The van der Waals surface area contributed by atoms with Crippen molar-refractivity contribution in [2.24, 2.45) is 11.8 Å². The van der Waals surface area contributed by atoms with Gasteiger partial charge in [-0.15, -0.1) is 11.6 Å². The van der Waals surface area contributed by atoms with Gasteiger partial charge in [0.1, 0.15) is 5.75 Å². The highest BCUT2D eigenvalue weighted by atomic mass is 35.5. The third-order valence-electron chi connectivity index (χ3n) is 4.50. The van der Waals surface area contributed by atoms with E-state index in [-0.39, 0.29) is 23.6 Å². The van der Waals surface area contributed by atoms with E-state index in [0.717, 1.165) is 18.6 Å². The van der Waals surface area contributed by atoms with E-state index in [9.17, 15) is 9.90 Å². The maximum absolute atomic E-state index is 10.5. The van der Waals surface area contributed by atoms with Crippen molar-refractivity contribution >= 4 is 17.6 Å². The average molecular weight is 353 g/mol. The number of hydrogen-bond acceptors (Lipinski definition) is 3. The van der Waals surface area contributed by atoms with Crippen LogP contribution in [0.15, 0.2) is 42.5 Å². The fourth-order valence-electron chi connectivity index (χ4n) is 3.14. The van der Waals surface area contributed by atoms with Gasteiger partial charge in [0.2, 0.25) is 0 Å². The highest BCUT2D eigenvalue weighted by Gasteiger charge is 2.41. The number of carboxylic acid groups (broad SMARTS) is 1. The number of allylic oxidation sites excluding steroid dienone is 2. The van der Waals surface area contributed by atoms with Crippen molar-refractivity contribution < 1.29 is 19.7 Å². The molecular formula is C19H25ClO4. The molecule has 4 atom stereocenters. The summed E-state index contributed by atoms with van der Waals surface area (Å²) in [6, 6.07) is 9.57. The van der Waals surface area contributed by atoms with Gasteiger partial charge in [-0.25, -0.2) is 0 Å². The lowest BCUT2D eigenvalue weighted by molar-refractivity contribution is -0.137. The average Bonchev–Trinajstić information content (AvgIpc) is 2.83. The zero-order chi connectivity index (χ0) is 17.4. The maximum atomic E-state index is 10.5. The third-order valence-corrected chi connectivity index (χ3v) is 5.00. The van der Waals surface area contributed by atoms with Crippen LogP contribution < -0.4 is 4.74 Å². The Balaban J connectivity index is 1.81. The van der Waals surface area contributed by atoms with Gasteiger partial charge in [-0.05, 0) is 43.7 Å². The first-order valence-corrected chi connectivity index (χ1v) is 8.88. The molecule has 1 aliphatic carbocycles. The zero-order valence-electron chi connectivity index (χ0n) is 13.7. The molecule has 1 aliphatic rings. The molecule has 0 saturated heterocycles. The monoisotopic (exact) mass is 352 g/mol. The van der Waals surface area contributed by atoms with Gasteiger partial charge in [0.05, 0.1) is 12.7 Å². The van der Waals surface area contributed by atoms with Crippen molar-refractivity contribution in [2.45, 2.75) is 43.6 Å². The number of para-hydroxylation sites is 1. The summed E-state index contributed by atoms with van der Waals surface area (Å²) in [4.78, 5) is 10.5. The van der Waals surface area contributed by atoms with Gasteiger partial charge in [0.15, 0.2) is 0 Å². The lowest BCUT2D eigenvalue weighted by Gasteiger charge is -2.22. The van der Waals surface area contributed by atoms with Gasteiger partial charge in [-0.3, -0.25) is 4.79 Å². The van der Waals surface area contributed by atoms with Crippen LogP contribution in [-0.4, -0.2) is 34.3 Å². The number of aliphatic hydroxyl groups is 1. The molecule has 24 heavy (non-hydrogen) atoms. The fraction of sp³-hybridized carbons (Fsp3) is 0.526. The Morgan fingerprint density at radius 2 is 2.00 bits per heavy atom. The van der Waals surface area contributed by atoms with Gasteiger partial charge >= 0.3 is 5.97 Å². The van der Waals surface area contributed by atoms with Crippen molar-refractivity contribution in [2.75, 3.05) is 6.61 Å². The molecule has 1 fully saturated rings. The van der Waals surface area contributed by atoms with Crippen LogP contribution in [0.5, 0.6) is 5.75 Å². The Morgan fingerprint density at radius 3 is 2.71 bits per heavy atom. The number of unbranched alkanes of at least 4 members (excludes halogenated alkanes) is 1. The summed E-state index contributed by atoms with van der Waals surface area (Å²) in [5.41, 5.74) is 0. The summed E-state index contributed by atoms with van der Waals surface area (Å²) in [6.45, 7) is 0.450. The minimum Gasteiger partial charge on any atom is -0.493 e. The van der Waals surface area contributed by atoms with Crippen LogP contribution in [0.3, 0.4) is 0 Å². The number of aliphatic carboxylic acids is 1. The first-order valence-electron chi connectivity index (χ1n) is 8.44. The summed E-state index contributed by atoms with van der Waals surface area (Å²) >= 11 is 6.40. The minimum absolute atomic E-state index is 0.0105. The van der Waals surface area contributed by atoms with Gasteiger partial charge in [-0.1, -0.05) is 30.4 Å². The Morgan fingerprint density at radius 1 is 1.25 bits per heavy atom. The maximum Gasteiger partial charge on any atom is 0.303 e. The number of rotatable bonds is 9. The summed E-state index contributed by atoms with van der Waals surface area (Å²) in [6.07, 6.45) is 6.56. The largest absolute Gasteiger partial charge is 0.493 e. The lowest BCUT2D eigenvalue weighted by atomic mass is 9.92. The first-order chi connectivity index (χ1) is 11.6. The predicted molar refractivity (Wildman–Crippen MR) is 94.4 cm³/mol. The van der Waals surface area contributed by atoms with Crippen LogP contribution in [0.25, 0.3) is 0 Å². The Bertz CT molecular complexity index is 531. The normalized spacial score (nSPS) is 26.8. The summed E-state index contributed by atoms with van der Waals surface area (Å²) < 4.78 is 5.80. The van der Waals surface area contributed by atoms with Gasteiger partial charge in [0.25, 0.3) is 0 Å². The van der Waals surface area contributed by atoms with E-state index in [1.807, 2.05) is 36.4 Å². The molecule has 0 amide bonds. The van der Waals surface area contributed by atoms with Gasteiger partial charge in [0, 0.05) is 17.7 Å². The molecule has 132 valence electrons. The van der Waals surface area contributed by atoms with Crippen LogP contribution in [-0.2, 0) is 4.79 Å². The van der Waals surface area contributed by atoms with Gasteiger partial charge in [-0.2, -0.15) is 0 Å². The molecule has 0 spiro atoms. The van der Waals surface area contributed by atoms with Crippen LogP contribution >= 0.6 is 11.6 Å². The SMILES string of the molecule is O=C(O)CCCC=CC[C@@H]1[C@@H](COc2ccccc2)[C@H](O)C[C@H]1Cl. The van der Waals surface area contributed by atoms with Crippen molar-refractivity contribution in [3.8, 4) is 5.75 Å². The predicted octanol–water partition coefficient (Wildman–Crippen LogP) is 3.87. The Hall–Kier alpha value is -1.52. The smallest absolute Gasteiger partial charge is 0.303 e. The topological polar surface area (TPSA) is 66.8 Å². The molecule has 2 N–H and O–H groups in total. The highest BCUT2D eigenvalue weighted by molar-refractivity contribution is 6.21. The second-order valence-corrected chi connectivity index (χ2v) is 6.82.